The molecule has 0 fully saturated rings. The van der Waals surface area contributed by atoms with E-state index < -0.39 is 30.6 Å². The van der Waals surface area contributed by atoms with Gasteiger partial charge in [-0.15, -0.1) is 0 Å². The Morgan fingerprint density at radius 1 is 0.694 bits per heavy atom. The van der Waals surface area contributed by atoms with Crippen LogP contribution in [0.3, 0.4) is 0 Å². The van der Waals surface area contributed by atoms with Gasteiger partial charge in [0.05, 0.1) is 28.3 Å². The molecule has 4 rings (SSSR count). The summed E-state index contributed by atoms with van der Waals surface area (Å²) in [5.41, 5.74) is 2.02. The van der Waals surface area contributed by atoms with Gasteiger partial charge in [0.25, 0.3) is 0 Å². The zero-order valence-corrected chi connectivity index (χ0v) is 18.8. The first-order valence-electron chi connectivity index (χ1n) is 9.80. The zero-order chi connectivity index (χ0) is 26.7. The summed E-state index contributed by atoms with van der Waals surface area (Å²) in [4.78, 5) is 6.22. The molecular formula is C24H14BClF4N4O2. The summed E-state index contributed by atoms with van der Waals surface area (Å²) < 4.78 is 50.4. The first kappa shape index (κ1) is 28.0. The monoisotopic (exact) mass is 512 g/mol. The Morgan fingerprint density at radius 2 is 1.17 bits per heavy atom. The third kappa shape index (κ3) is 7.89. The molecule has 36 heavy (non-hydrogen) atoms. The Hall–Kier alpha value is -4.29. The number of aromatic nitrogens is 2. The summed E-state index contributed by atoms with van der Waals surface area (Å²) in [7, 11) is -1.46. The van der Waals surface area contributed by atoms with Crippen LogP contribution in [0.5, 0.6) is 0 Å². The Bertz CT molecular complexity index is 1370. The van der Waals surface area contributed by atoms with E-state index in [9.17, 15) is 17.6 Å². The van der Waals surface area contributed by atoms with Crippen molar-refractivity contribution in [2.24, 2.45) is 0 Å². The van der Waals surface area contributed by atoms with Crippen molar-refractivity contribution in [3.05, 3.63) is 113 Å². The van der Waals surface area contributed by atoms with Gasteiger partial charge in [0.2, 0.25) is 11.9 Å². The molecule has 0 aliphatic carbocycles. The van der Waals surface area contributed by atoms with Crippen molar-refractivity contribution in [2.45, 2.75) is 0 Å². The van der Waals surface area contributed by atoms with Crippen LogP contribution in [0.1, 0.15) is 11.1 Å². The fraction of sp³-hybridized carbons (Fsp3) is 0. The van der Waals surface area contributed by atoms with Gasteiger partial charge in [0, 0.05) is 18.0 Å². The predicted octanol–water partition coefficient (Wildman–Crippen LogP) is 4.15. The number of halogens is 5. The molecule has 180 valence electrons. The van der Waals surface area contributed by atoms with Crippen LogP contribution in [0.2, 0.25) is 5.02 Å². The Balaban J connectivity index is 0.000000200. The van der Waals surface area contributed by atoms with Gasteiger partial charge >= 0.3 is 7.12 Å². The number of hydrogen-bond acceptors (Lipinski definition) is 6. The fourth-order valence-electron chi connectivity index (χ4n) is 2.49. The number of nitriles is 2. The molecule has 6 nitrogen and oxygen atoms in total. The lowest BCUT2D eigenvalue weighted by Crippen LogP contribution is -2.29. The summed E-state index contributed by atoms with van der Waals surface area (Å²) in [6.07, 6.45) is 2.30. The average Bonchev–Trinajstić information content (AvgIpc) is 2.89. The number of rotatable bonds is 2. The summed E-state index contributed by atoms with van der Waals surface area (Å²) >= 11 is 5.16. The Kier molecular flexibility index (Phi) is 10.5. The van der Waals surface area contributed by atoms with Crippen LogP contribution in [0, 0.1) is 46.2 Å². The molecule has 2 aromatic heterocycles. The minimum absolute atomic E-state index is 0.136. The van der Waals surface area contributed by atoms with E-state index in [0.29, 0.717) is 22.2 Å². The standard InChI is InChI=1S/C12H6F2N2.C7H6BNO2.C5H2ClF2N/c13-11-10(5-6-16-12(11)14)9-3-1-8(7-15)2-4-9;9-5-6-1-3-7(4-2-6)8(10)11;6-3-1-2-9-5(8)4(3)7/h1-6H;1-4,10-11H;1-2H. The molecule has 0 saturated carbocycles. The maximum Gasteiger partial charge on any atom is 0.488 e. The molecule has 0 bridgehead atoms. The smallest absolute Gasteiger partial charge is 0.423 e. The Morgan fingerprint density at radius 3 is 1.61 bits per heavy atom. The van der Waals surface area contributed by atoms with Crippen LogP contribution < -0.4 is 5.46 Å². The summed E-state index contributed by atoms with van der Waals surface area (Å²) in [5.74, 6) is -4.37. The van der Waals surface area contributed by atoms with E-state index in [4.69, 9.17) is 32.2 Å². The second-order valence-electron chi connectivity index (χ2n) is 6.66. The van der Waals surface area contributed by atoms with Crippen molar-refractivity contribution in [2.75, 3.05) is 0 Å². The molecular weight excluding hydrogens is 499 g/mol. The number of pyridine rings is 2. The molecule has 0 aliphatic heterocycles. The third-order valence-corrected chi connectivity index (χ3v) is 4.60. The maximum absolute atomic E-state index is 13.4. The second-order valence-corrected chi connectivity index (χ2v) is 7.06. The SMILES string of the molecule is Fc1nccc(Cl)c1F.N#Cc1ccc(-c2ccnc(F)c2F)cc1.N#Cc1ccc(B(O)O)cc1. The fourth-order valence-corrected chi connectivity index (χ4v) is 2.63. The molecule has 0 spiro atoms. The van der Waals surface area contributed by atoms with Crippen molar-refractivity contribution < 1.29 is 27.6 Å². The Labute approximate surface area is 208 Å². The van der Waals surface area contributed by atoms with Crippen molar-refractivity contribution in [1.82, 2.24) is 9.97 Å². The first-order chi connectivity index (χ1) is 17.2. The van der Waals surface area contributed by atoms with Crippen molar-refractivity contribution in [3.8, 4) is 23.3 Å². The predicted molar refractivity (Wildman–Crippen MR) is 124 cm³/mol. The van der Waals surface area contributed by atoms with E-state index in [1.807, 2.05) is 12.1 Å². The molecule has 0 aliphatic rings. The number of hydrogen-bond donors (Lipinski definition) is 2. The molecule has 0 atom stereocenters. The van der Waals surface area contributed by atoms with Gasteiger partial charge in [-0.3, -0.25) is 0 Å². The van der Waals surface area contributed by atoms with Crippen LogP contribution in [0.15, 0.2) is 73.1 Å². The summed E-state index contributed by atoms with van der Waals surface area (Å²) in [6, 6.07) is 18.8. The third-order valence-electron chi connectivity index (χ3n) is 4.31. The van der Waals surface area contributed by atoms with Crippen molar-refractivity contribution in [1.29, 1.82) is 10.5 Å². The highest BCUT2D eigenvalue weighted by atomic mass is 35.5. The van der Waals surface area contributed by atoms with Crippen molar-refractivity contribution >= 4 is 24.2 Å². The summed E-state index contributed by atoms with van der Waals surface area (Å²) in [5, 5.41) is 34.1. The van der Waals surface area contributed by atoms with Crippen LogP contribution in [-0.2, 0) is 0 Å². The minimum atomic E-state index is -1.46. The van der Waals surface area contributed by atoms with Crippen molar-refractivity contribution in [3.63, 3.8) is 0 Å². The average molecular weight is 513 g/mol. The topological polar surface area (TPSA) is 114 Å². The molecule has 2 N–H and O–H groups in total. The van der Waals surface area contributed by atoms with E-state index >= 15 is 0 Å². The van der Waals surface area contributed by atoms with E-state index in [1.165, 1.54) is 42.6 Å². The second kappa shape index (κ2) is 13.6. The molecule has 0 radical (unpaired) electrons. The van der Waals surface area contributed by atoms with Gasteiger partial charge in [0.1, 0.15) is 0 Å². The summed E-state index contributed by atoms with van der Waals surface area (Å²) in [6.45, 7) is 0. The molecule has 2 aromatic carbocycles. The maximum atomic E-state index is 13.4. The van der Waals surface area contributed by atoms with Crippen LogP contribution >= 0.6 is 11.6 Å². The van der Waals surface area contributed by atoms with E-state index in [0.717, 1.165) is 6.20 Å². The van der Waals surface area contributed by atoms with Gasteiger partial charge in [-0.1, -0.05) is 35.9 Å². The normalized spacial score (nSPS) is 9.47. The molecule has 0 unspecified atom stereocenters. The van der Waals surface area contributed by atoms with Gasteiger partial charge in [-0.05, 0) is 47.4 Å². The first-order valence-corrected chi connectivity index (χ1v) is 10.2. The van der Waals surface area contributed by atoms with Gasteiger partial charge in [-0.25, -0.2) is 18.7 Å². The lowest BCUT2D eigenvalue weighted by Gasteiger charge is -2.03. The van der Waals surface area contributed by atoms with Crippen LogP contribution in [0.4, 0.5) is 17.6 Å². The number of benzene rings is 2. The van der Waals surface area contributed by atoms with E-state index in [1.54, 1.807) is 24.3 Å². The van der Waals surface area contributed by atoms with Crippen LogP contribution in [0.25, 0.3) is 11.1 Å². The van der Waals surface area contributed by atoms with E-state index in [2.05, 4.69) is 9.97 Å². The minimum Gasteiger partial charge on any atom is -0.423 e. The molecule has 2 heterocycles. The van der Waals surface area contributed by atoms with Crippen LogP contribution in [-0.4, -0.2) is 27.1 Å². The molecule has 0 saturated heterocycles. The van der Waals surface area contributed by atoms with Gasteiger partial charge in [-0.2, -0.15) is 19.3 Å². The molecule has 0 amide bonds. The lowest BCUT2D eigenvalue weighted by atomic mass is 9.80. The lowest BCUT2D eigenvalue weighted by molar-refractivity contribution is 0.426. The van der Waals surface area contributed by atoms with Gasteiger partial charge < -0.3 is 10.0 Å². The van der Waals surface area contributed by atoms with E-state index in [-0.39, 0.29) is 10.6 Å². The highest BCUT2D eigenvalue weighted by molar-refractivity contribution is 6.58. The van der Waals surface area contributed by atoms with Gasteiger partial charge in [0.15, 0.2) is 11.6 Å². The molecule has 12 heteroatoms. The zero-order valence-electron chi connectivity index (χ0n) is 18.1. The quantitative estimate of drug-likeness (QED) is 0.237. The highest BCUT2D eigenvalue weighted by Crippen LogP contribution is 2.23. The molecule has 4 aromatic rings. The number of nitrogens with zero attached hydrogens (tertiary/aromatic N) is 4. The highest BCUT2D eigenvalue weighted by Gasteiger charge is 2.11. The largest absolute Gasteiger partial charge is 0.488 e.